The molecule has 0 spiro atoms. The molecule has 5 heteroatoms. The van der Waals surface area contributed by atoms with Gasteiger partial charge in [0.2, 0.25) is 0 Å². The molecule has 0 bridgehead atoms. The van der Waals surface area contributed by atoms with Crippen LogP contribution in [-0.2, 0) is 16.0 Å². The number of ether oxygens (including phenoxy) is 1. The highest BCUT2D eigenvalue weighted by Gasteiger charge is 2.17. The molecule has 2 rings (SSSR count). The van der Waals surface area contributed by atoms with Crippen molar-refractivity contribution in [2.24, 2.45) is 5.73 Å². The molecule has 0 amide bonds. The van der Waals surface area contributed by atoms with Gasteiger partial charge >= 0.3 is 0 Å². The maximum absolute atomic E-state index is 11.6. The molecule has 1 aromatic rings. The zero-order valence-corrected chi connectivity index (χ0v) is 10.7. The fourth-order valence-corrected chi connectivity index (χ4v) is 2.37. The van der Waals surface area contributed by atoms with E-state index < -0.39 is 0 Å². The van der Waals surface area contributed by atoms with Crippen molar-refractivity contribution in [3.63, 3.8) is 0 Å². The summed E-state index contributed by atoms with van der Waals surface area (Å²) in [5.74, 6) is 0.0557. The van der Waals surface area contributed by atoms with Gasteiger partial charge < -0.3 is 10.5 Å². The van der Waals surface area contributed by atoms with Gasteiger partial charge in [0, 0.05) is 12.7 Å². The molecule has 18 heavy (non-hydrogen) atoms. The first-order valence-electron chi connectivity index (χ1n) is 6.63. The van der Waals surface area contributed by atoms with Crippen LogP contribution in [0.25, 0.3) is 0 Å². The average molecular weight is 251 g/mol. The molecular formula is C13H21N3O2. The lowest BCUT2D eigenvalue weighted by molar-refractivity contribution is -0.122. The Morgan fingerprint density at radius 3 is 3.00 bits per heavy atom. The van der Waals surface area contributed by atoms with Gasteiger partial charge in [-0.1, -0.05) is 12.8 Å². The average Bonchev–Trinajstić information content (AvgIpc) is 2.98. The molecule has 1 aromatic heterocycles. The molecule has 0 saturated heterocycles. The molecule has 1 aliphatic rings. The highest BCUT2D eigenvalue weighted by atomic mass is 16.5. The minimum atomic E-state index is 0.0557. The minimum absolute atomic E-state index is 0.0557. The van der Waals surface area contributed by atoms with Crippen LogP contribution < -0.4 is 5.73 Å². The Morgan fingerprint density at radius 2 is 2.28 bits per heavy atom. The van der Waals surface area contributed by atoms with Crippen LogP contribution in [0.4, 0.5) is 0 Å². The van der Waals surface area contributed by atoms with Crippen molar-refractivity contribution in [1.82, 2.24) is 9.78 Å². The monoisotopic (exact) mass is 251 g/mol. The number of hydrogen-bond donors (Lipinski definition) is 1. The molecule has 0 aromatic carbocycles. The van der Waals surface area contributed by atoms with E-state index in [-0.39, 0.29) is 12.4 Å². The quantitative estimate of drug-likeness (QED) is 0.736. The van der Waals surface area contributed by atoms with Gasteiger partial charge in [0.1, 0.15) is 6.61 Å². The first-order chi connectivity index (χ1) is 8.79. The third kappa shape index (κ3) is 3.65. The number of hydrogen-bond acceptors (Lipinski definition) is 4. The Kier molecular flexibility index (Phi) is 4.90. The second-order valence-corrected chi connectivity index (χ2v) is 4.78. The summed E-state index contributed by atoms with van der Waals surface area (Å²) < 4.78 is 7.12. The van der Waals surface area contributed by atoms with Crippen LogP contribution in [0.15, 0.2) is 12.3 Å². The van der Waals surface area contributed by atoms with Crippen LogP contribution in [0.3, 0.4) is 0 Å². The van der Waals surface area contributed by atoms with E-state index in [0.29, 0.717) is 25.6 Å². The second kappa shape index (κ2) is 6.66. The number of carbonyl (C=O) groups is 1. The number of nitrogens with zero attached hydrogens (tertiary/aromatic N) is 2. The third-order valence-electron chi connectivity index (χ3n) is 3.27. The Bertz CT molecular complexity index is 383. The Balaban J connectivity index is 1.80. The lowest BCUT2D eigenvalue weighted by Gasteiger charge is -2.08. The van der Waals surface area contributed by atoms with Crippen molar-refractivity contribution in [2.75, 3.05) is 19.8 Å². The molecule has 100 valence electrons. The molecule has 1 fully saturated rings. The van der Waals surface area contributed by atoms with Gasteiger partial charge in [-0.3, -0.25) is 9.48 Å². The van der Waals surface area contributed by atoms with Crippen LogP contribution in [0.1, 0.15) is 37.4 Å². The van der Waals surface area contributed by atoms with Gasteiger partial charge in [-0.25, -0.2) is 0 Å². The maximum Gasteiger partial charge on any atom is 0.164 e. The van der Waals surface area contributed by atoms with E-state index in [1.807, 2.05) is 16.9 Å². The second-order valence-electron chi connectivity index (χ2n) is 4.78. The van der Waals surface area contributed by atoms with Crippen molar-refractivity contribution < 1.29 is 9.53 Å². The largest absolute Gasteiger partial charge is 0.372 e. The predicted octanol–water partition coefficient (Wildman–Crippen LogP) is 1.09. The molecule has 2 N–H and O–H groups in total. The van der Waals surface area contributed by atoms with Crippen molar-refractivity contribution in [2.45, 2.75) is 38.1 Å². The van der Waals surface area contributed by atoms with Gasteiger partial charge in [0.05, 0.1) is 24.8 Å². The molecule has 1 saturated carbocycles. The summed E-state index contributed by atoms with van der Waals surface area (Å²) in [7, 11) is 0. The van der Waals surface area contributed by atoms with E-state index in [9.17, 15) is 4.79 Å². The molecule has 1 heterocycles. The number of Topliss-reactive ketones (excluding diaryl/α,β-unsaturated/α-hetero) is 1. The van der Waals surface area contributed by atoms with Gasteiger partial charge in [-0.15, -0.1) is 0 Å². The highest BCUT2D eigenvalue weighted by molar-refractivity contribution is 5.81. The summed E-state index contributed by atoms with van der Waals surface area (Å²) in [5, 5.41) is 4.48. The van der Waals surface area contributed by atoms with Crippen LogP contribution in [-0.4, -0.2) is 35.3 Å². The first-order valence-corrected chi connectivity index (χ1v) is 6.63. The Morgan fingerprint density at radius 1 is 1.50 bits per heavy atom. The molecular weight excluding hydrogens is 230 g/mol. The zero-order valence-electron chi connectivity index (χ0n) is 10.7. The van der Waals surface area contributed by atoms with Gasteiger partial charge in [0.15, 0.2) is 5.78 Å². The van der Waals surface area contributed by atoms with Crippen LogP contribution in [0.2, 0.25) is 0 Å². The lowest BCUT2D eigenvalue weighted by atomic mass is 10.2. The van der Waals surface area contributed by atoms with Crippen molar-refractivity contribution in [1.29, 1.82) is 0 Å². The van der Waals surface area contributed by atoms with E-state index in [1.54, 1.807) is 0 Å². The Labute approximate surface area is 107 Å². The van der Waals surface area contributed by atoms with Crippen molar-refractivity contribution in [3.05, 3.63) is 18.0 Å². The van der Waals surface area contributed by atoms with Crippen LogP contribution in [0.5, 0.6) is 0 Å². The lowest BCUT2D eigenvalue weighted by Crippen LogP contribution is -2.16. The van der Waals surface area contributed by atoms with Crippen molar-refractivity contribution in [3.8, 4) is 0 Å². The third-order valence-corrected chi connectivity index (χ3v) is 3.27. The minimum Gasteiger partial charge on any atom is -0.372 e. The molecule has 1 aliphatic carbocycles. The van der Waals surface area contributed by atoms with E-state index in [4.69, 9.17) is 10.5 Å². The van der Waals surface area contributed by atoms with Crippen LogP contribution in [0, 0.1) is 0 Å². The highest BCUT2D eigenvalue weighted by Crippen LogP contribution is 2.28. The molecule has 0 unspecified atom stereocenters. The fraction of sp³-hybridized carbons (Fsp3) is 0.692. The zero-order chi connectivity index (χ0) is 12.8. The number of aromatic nitrogens is 2. The van der Waals surface area contributed by atoms with Crippen LogP contribution >= 0.6 is 0 Å². The summed E-state index contributed by atoms with van der Waals surface area (Å²) in [6, 6.07) is 2.46. The van der Waals surface area contributed by atoms with E-state index >= 15 is 0 Å². The standard InChI is InChI=1S/C13H21N3O2/c14-6-8-18-10-13(17)9-11-5-7-16(15-11)12-3-1-2-4-12/h5,7,12H,1-4,6,8-10,14H2. The van der Waals surface area contributed by atoms with Gasteiger partial charge in [0.25, 0.3) is 0 Å². The molecule has 0 radical (unpaired) electrons. The molecule has 0 aliphatic heterocycles. The summed E-state index contributed by atoms with van der Waals surface area (Å²) in [6.45, 7) is 1.01. The number of carbonyl (C=O) groups excluding carboxylic acids is 1. The van der Waals surface area contributed by atoms with Gasteiger partial charge in [-0.05, 0) is 18.9 Å². The summed E-state index contributed by atoms with van der Waals surface area (Å²) in [6.07, 6.45) is 7.31. The topological polar surface area (TPSA) is 70.1 Å². The number of rotatable bonds is 7. The number of nitrogens with two attached hydrogens (primary N) is 1. The summed E-state index contributed by atoms with van der Waals surface area (Å²) >= 11 is 0. The predicted molar refractivity (Wildman–Crippen MR) is 68.3 cm³/mol. The number of ketones is 1. The molecule has 0 atom stereocenters. The summed E-state index contributed by atoms with van der Waals surface area (Å²) in [5.41, 5.74) is 6.12. The van der Waals surface area contributed by atoms with Gasteiger partial charge in [-0.2, -0.15) is 5.10 Å². The van der Waals surface area contributed by atoms with E-state index in [0.717, 1.165) is 5.69 Å². The fourth-order valence-electron chi connectivity index (χ4n) is 2.37. The first kappa shape index (κ1) is 13.2. The normalized spacial score (nSPS) is 16.3. The van der Waals surface area contributed by atoms with Crippen molar-refractivity contribution >= 4 is 5.78 Å². The smallest absolute Gasteiger partial charge is 0.164 e. The van der Waals surface area contributed by atoms with E-state index in [2.05, 4.69) is 5.10 Å². The van der Waals surface area contributed by atoms with E-state index in [1.165, 1.54) is 25.7 Å². The maximum atomic E-state index is 11.6. The Hall–Kier alpha value is -1.20. The molecule has 5 nitrogen and oxygen atoms in total. The SMILES string of the molecule is NCCOCC(=O)Cc1ccn(C2CCCC2)n1. The summed E-state index contributed by atoms with van der Waals surface area (Å²) in [4.78, 5) is 11.6.